The molecule has 0 unspecified atom stereocenters. The minimum absolute atomic E-state index is 0.0639. The largest absolute Gasteiger partial charge is 0.311 e. The van der Waals surface area contributed by atoms with E-state index in [-0.39, 0.29) is 11.7 Å². The topological polar surface area (TPSA) is 37.4 Å². The summed E-state index contributed by atoms with van der Waals surface area (Å²) in [6.07, 6.45) is 0.383. The van der Waals surface area contributed by atoms with Crippen LogP contribution in [0, 0.1) is 0 Å². The molecule has 1 aromatic carbocycles. The van der Waals surface area contributed by atoms with Crippen molar-refractivity contribution in [3.05, 3.63) is 28.8 Å². The molecule has 0 radical (unpaired) electrons. The van der Waals surface area contributed by atoms with E-state index in [1.165, 1.54) is 6.92 Å². The van der Waals surface area contributed by atoms with Crippen molar-refractivity contribution in [1.82, 2.24) is 0 Å². The van der Waals surface area contributed by atoms with Crippen molar-refractivity contribution < 1.29 is 9.59 Å². The van der Waals surface area contributed by atoms with Crippen LogP contribution in [0.5, 0.6) is 0 Å². The summed E-state index contributed by atoms with van der Waals surface area (Å²) in [5, 5.41) is 0.537. The summed E-state index contributed by atoms with van der Waals surface area (Å²) in [5.41, 5.74) is 1.21. The number of nitrogens with zero attached hydrogens (tertiary/aromatic N) is 1. The molecule has 0 saturated heterocycles. The highest BCUT2D eigenvalue weighted by molar-refractivity contribution is 6.31. The van der Waals surface area contributed by atoms with Crippen LogP contribution in [0.2, 0.25) is 5.02 Å². The first-order chi connectivity index (χ1) is 7.09. The average molecular weight is 224 g/mol. The van der Waals surface area contributed by atoms with Crippen LogP contribution in [0.4, 0.5) is 5.69 Å². The Morgan fingerprint density at radius 3 is 2.87 bits per heavy atom. The first-order valence-electron chi connectivity index (χ1n) is 4.70. The molecule has 1 amide bonds. The minimum atomic E-state index is -0.0639. The van der Waals surface area contributed by atoms with Gasteiger partial charge in [0.2, 0.25) is 5.91 Å². The summed E-state index contributed by atoms with van der Waals surface area (Å²) < 4.78 is 0. The van der Waals surface area contributed by atoms with Crippen LogP contribution >= 0.6 is 11.6 Å². The highest BCUT2D eigenvalue weighted by Crippen LogP contribution is 2.29. The second-order valence-corrected chi connectivity index (χ2v) is 3.94. The molecule has 1 aromatic rings. The summed E-state index contributed by atoms with van der Waals surface area (Å²) >= 11 is 5.85. The first-order valence-corrected chi connectivity index (χ1v) is 5.08. The molecule has 0 atom stereocenters. The van der Waals surface area contributed by atoms with E-state index >= 15 is 0 Å². The molecule has 4 heteroatoms. The van der Waals surface area contributed by atoms with Gasteiger partial charge >= 0.3 is 0 Å². The van der Waals surface area contributed by atoms with Gasteiger partial charge in [-0.3, -0.25) is 9.59 Å². The van der Waals surface area contributed by atoms with Gasteiger partial charge in [0.1, 0.15) is 0 Å². The number of hydrogen-bond acceptors (Lipinski definition) is 2. The number of anilines is 1. The zero-order valence-electron chi connectivity index (χ0n) is 8.29. The standard InChI is InChI=1S/C11H10ClNO2/c1-7(14)13-5-4-11(15)9-3-2-8(12)6-10(9)13/h2-3,6H,4-5H2,1H3. The number of carbonyl (C=O) groups excluding carboxylic acids is 2. The molecule has 0 saturated carbocycles. The molecule has 0 aliphatic carbocycles. The molecular formula is C11H10ClNO2. The van der Waals surface area contributed by atoms with E-state index in [0.29, 0.717) is 29.2 Å². The maximum Gasteiger partial charge on any atom is 0.223 e. The Balaban J connectivity index is 2.56. The predicted octanol–water partition coefficient (Wildman–Crippen LogP) is 2.28. The Kier molecular flexibility index (Phi) is 2.49. The minimum Gasteiger partial charge on any atom is -0.311 e. The number of benzene rings is 1. The number of amides is 1. The smallest absolute Gasteiger partial charge is 0.223 e. The molecule has 15 heavy (non-hydrogen) atoms. The number of Topliss-reactive ketones (excluding diaryl/α,β-unsaturated/α-hetero) is 1. The molecule has 0 spiro atoms. The van der Waals surface area contributed by atoms with Crippen molar-refractivity contribution >= 4 is 29.0 Å². The Morgan fingerprint density at radius 2 is 2.20 bits per heavy atom. The van der Waals surface area contributed by atoms with Crippen molar-refractivity contribution in [2.45, 2.75) is 13.3 Å². The van der Waals surface area contributed by atoms with Gasteiger partial charge in [-0.2, -0.15) is 0 Å². The maximum atomic E-state index is 11.6. The lowest BCUT2D eigenvalue weighted by Gasteiger charge is -2.27. The molecule has 2 rings (SSSR count). The summed E-state index contributed by atoms with van der Waals surface area (Å²) in [5.74, 6) is 0.00480. The third-order valence-corrected chi connectivity index (χ3v) is 2.73. The molecule has 1 aliphatic heterocycles. The highest BCUT2D eigenvalue weighted by Gasteiger charge is 2.25. The van der Waals surface area contributed by atoms with Gasteiger partial charge in [0.25, 0.3) is 0 Å². The first kappa shape index (κ1) is 10.2. The number of carbonyl (C=O) groups is 2. The Labute approximate surface area is 92.6 Å². The number of rotatable bonds is 0. The summed E-state index contributed by atoms with van der Waals surface area (Å²) in [6, 6.07) is 5.01. The fourth-order valence-corrected chi connectivity index (χ4v) is 1.93. The fourth-order valence-electron chi connectivity index (χ4n) is 1.76. The van der Waals surface area contributed by atoms with Crippen LogP contribution in [0.15, 0.2) is 18.2 Å². The van der Waals surface area contributed by atoms with E-state index in [0.717, 1.165) is 0 Å². The van der Waals surface area contributed by atoms with Crippen LogP contribution in [0.3, 0.4) is 0 Å². The summed E-state index contributed by atoms with van der Waals surface area (Å²) in [6.45, 7) is 1.93. The monoisotopic (exact) mass is 223 g/mol. The van der Waals surface area contributed by atoms with Crippen LogP contribution in [-0.4, -0.2) is 18.2 Å². The van der Waals surface area contributed by atoms with E-state index < -0.39 is 0 Å². The number of ketones is 1. The van der Waals surface area contributed by atoms with Gasteiger partial charge in [0.05, 0.1) is 5.69 Å². The Morgan fingerprint density at radius 1 is 1.47 bits per heavy atom. The van der Waals surface area contributed by atoms with Crippen LogP contribution < -0.4 is 4.90 Å². The third-order valence-electron chi connectivity index (χ3n) is 2.49. The van der Waals surface area contributed by atoms with Crippen molar-refractivity contribution in [1.29, 1.82) is 0 Å². The SMILES string of the molecule is CC(=O)N1CCC(=O)c2ccc(Cl)cc21. The van der Waals surface area contributed by atoms with Gasteiger partial charge in [0, 0.05) is 30.5 Å². The van der Waals surface area contributed by atoms with E-state index in [1.807, 2.05) is 0 Å². The van der Waals surface area contributed by atoms with Crippen LogP contribution in [0.1, 0.15) is 23.7 Å². The number of halogens is 1. The van der Waals surface area contributed by atoms with Gasteiger partial charge in [-0.15, -0.1) is 0 Å². The van der Waals surface area contributed by atoms with Gasteiger partial charge in [0.15, 0.2) is 5.78 Å². The zero-order valence-corrected chi connectivity index (χ0v) is 9.04. The Bertz CT molecular complexity index is 442. The molecule has 0 bridgehead atoms. The molecule has 1 heterocycles. The number of hydrogen-bond donors (Lipinski definition) is 0. The second kappa shape index (κ2) is 3.66. The van der Waals surface area contributed by atoms with Crippen molar-refractivity contribution in [3.63, 3.8) is 0 Å². The number of fused-ring (bicyclic) bond motifs is 1. The Hall–Kier alpha value is -1.35. The van der Waals surface area contributed by atoms with E-state index in [2.05, 4.69) is 0 Å². The van der Waals surface area contributed by atoms with Crippen LogP contribution in [0.25, 0.3) is 0 Å². The van der Waals surface area contributed by atoms with Crippen molar-refractivity contribution in [2.24, 2.45) is 0 Å². The van der Waals surface area contributed by atoms with Gasteiger partial charge < -0.3 is 4.90 Å². The molecular weight excluding hydrogens is 214 g/mol. The second-order valence-electron chi connectivity index (χ2n) is 3.51. The van der Waals surface area contributed by atoms with Crippen molar-refractivity contribution in [2.75, 3.05) is 11.4 Å². The lowest BCUT2D eigenvalue weighted by molar-refractivity contribution is -0.116. The normalized spacial score (nSPS) is 15.1. The highest BCUT2D eigenvalue weighted by atomic mass is 35.5. The quantitative estimate of drug-likeness (QED) is 0.677. The third kappa shape index (κ3) is 1.75. The molecule has 0 aromatic heterocycles. The van der Waals surface area contributed by atoms with Gasteiger partial charge in [-0.25, -0.2) is 0 Å². The summed E-state index contributed by atoms with van der Waals surface area (Å²) in [4.78, 5) is 24.5. The summed E-state index contributed by atoms with van der Waals surface area (Å²) in [7, 11) is 0. The zero-order chi connectivity index (χ0) is 11.0. The molecule has 0 N–H and O–H groups in total. The average Bonchev–Trinajstić information content (AvgIpc) is 2.17. The van der Waals surface area contributed by atoms with E-state index in [9.17, 15) is 9.59 Å². The molecule has 3 nitrogen and oxygen atoms in total. The molecule has 78 valence electrons. The fraction of sp³-hybridized carbons (Fsp3) is 0.273. The lowest BCUT2D eigenvalue weighted by Crippen LogP contribution is -2.35. The van der Waals surface area contributed by atoms with Crippen molar-refractivity contribution in [3.8, 4) is 0 Å². The van der Waals surface area contributed by atoms with Crippen LogP contribution in [-0.2, 0) is 4.79 Å². The molecule has 1 aliphatic rings. The van der Waals surface area contributed by atoms with Gasteiger partial charge in [-0.1, -0.05) is 11.6 Å². The maximum absolute atomic E-state index is 11.6. The van der Waals surface area contributed by atoms with Gasteiger partial charge in [-0.05, 0) is 18.2 Å². The predicted molar refractivity (Wildman–Crippen MR) is 58.4 cm³/mol. The van der Waals surface area contributed by atoms with E-state index in [4.69, 9.17) is 11.6 Å². The lowest BCUT2D eigenvalue weighted by atomic mass is 10.0. The van der Waals surface area contributed by atoms with E-state index in [1.54, 1.807) is 23.1 Å². The molecule has 0 fully saturated rings.